The van der Waals surface area contributed by atoms with Gasteiger partial charge < -0.3 is 16.2 Å². The van der Waals surface area contributed by atoms with Crippen LogP contribution in [-0.2, 0) is 0 Å². The van der Waals surface area contributed by atoms with E-state index in [4.69, 9.17) is 5.73 Å². The summed E-state index contributed by atoms with van der Waals surface area (Å²) in [6.45, 7) is 0.916. The molecule has 1 amide bonds. The highest BCUT2D eigenvalue weighted by Gasteiger charge is 2.28. The lowest BCUT2D eigenvalue weighted by atomic mass is 9.96. The summed E-state index contributed by atoms with van der Waals surface area (Å²) in [7, 11) is 0. The van der Waals surface area contributed by atoms with Gasteiger partial charge in [0.15, 0.2) is 0 Å². The third-order valence-electron chi connectivity index (χ3n) is 3.93. The van der Waals surface area contributed by atoms with Crippen molar-refractivity contribution >= 4 is 18.3 Å². The Morgan fingerprint density at radius 2 is 1.86 bits per heavy atom. The first kappa shape index (κ1) is 16.5. The van der Waals surface area contributed by atoms with Gasteiger partial charge in [0.2, 0.25) is 0 Å². The average molecular weight is 319 g/mol. The van der Waals surface area contributed by atoms with Crippen LogP contribution in [0.3, 0.4) is 0 Å². The molecule has 1 aliphatic carbocycles. The highest BCUT2D eigenvalue weighted by atomic mass is 35.5. The van der Waals surface area contributed by atoms with Gasteiger partial charge in [-0.15, -0.1) is 12.4 Å². The minimum absolute atomic E-state index is 0. The van der Waals surface area contributed by atoms with E-state index < -0.39 is 0 Å². The normalized spacial score (nSPS) is 14.7. The van der Waals surface area contributed by atoms with Crippen LogP contribution in [0.2, 0.25) is 0 Å². The molecule has 0 saturated carbocycles. The fourth-order valence-corrected chi connectivity index (χ4v) is 2.94. The van der Waals surface area contributed by atoms with Crippen molar-refractivity contribution < 1.29 is 9.90 Å². The third kappa shape index (κ3) is 2.73. The van der Waals surface area contributed by atoms with Gasteiger partial charge in [0, 0.05) is 24.6 Å². The third-order valence-corrected chi connectivity index (χ3v) is 3.93. The topological polar surface area (TPSA) is 75.3 Å². The number of hydrogen-bond donors (Lipinski definition) is 3. The number of carbonyl (C=O) groups is 1. The first-order valence-corrected chi connectivity index (χ1v) is 7.08. The van der Waals surface area contributed by atoms with Crippen molar-refractivity contribution in [1.82, 2.24) is 5.32 Å². The summed E-state index contributed by atoms with van der Waals surface area (Å²) >= 11 is 0. The van der Waals surface area contributed by atoms with Gasteiger partial charge in [-0.25, -0.2) is 0 Å². The Labute approximate surface area is 135 Å². The van der Waals surface area contributed by atoms with E-state index in [9.17, 15) is 9.90 Å². The van der Waals surface area contributed by atoms with Crippen molar-refractivity contribution in [1.29, 1.82) is 0 Å². The lowest BCUT2D eigenvalue weighted by molar-refractivity contribution is 0.0954. The molecule has 5 heteroatoms. The minimum atomic E-state index is -0.129. The summed E-state index contributed by atoms with van der Waals surface area (Å²) in [5.74, 6) is -0.186. The number of carbonyl (C=O) groups excluding carboxylic acids is 1. The molecule has 4 N–H and O–H groups in total. The summed E-state index contributed by atoms with van der Waals surface area (Å²) in [6.07, 6.45) is 0. The molecular weight excluding hydrogens is 300 g/mol. The number of nitrogens with one attached hydrogen (secondary N) is 1. The molecule has 0 heterocycles. The zero-order chi connectivity index (χ0) is 14.8. The van der Waals surface area contributed by atoms with Gasteiger partial charge in [-0.3, -0.25) is 4.79 Å². The molecule has 0 saturated heterocycles. The van der Waals surface area contributed by atoms with Gasteiger partial charge >= 0.3 is 0 Å². The van der Waals surface area contributed by atoms with E-state index in [-0.39, 0.29) is 30.8 Å². The second kappa shape index (κ2) is 6.92. The van der Waals surface area contributed by atoms with E-state index in [2.05, 4.69) is 11.4 Å². The fourth-order valence-electron chi connectivity index (χ4n) is 2.94. The van der Waals surface area contributed by atoms with Crippen LogP contribution in [0.25, 0.3) is 11.1 Å². The standard InChI is InChI=1S/C17H18N2O2.ClH/c18-7-8-19-17(21)11-5-6-14-12-3-1-2-4-13(12)16(10-20)15(14)9-11;/h1-6,9,16,20H,7-8,10,18H2,(H,19,21);1H. The van der Waals surface area contributed by atoms with Crippen LogP contribution in [0.1, 0.15) is 27.4 Å². The summed E-state index contributed by atoms with van der Waals surface area (Å²) in [6, 6.07) is 13.7. The molecule has 0 aromatic heterocycles. The molecule has 2 aromatic carbocycles. The number of hydrogen-bond acceptors (Lipinski definition) is 3. The van der Waals surface area contributed by atoms with Crippen molar-refractivity contribution in [2.75, 3.05) is 19.7 Å². The average Bonchev–Trinajstić information content (AvgIpc) is 2.85. The van der Waals surface area contributed by atoms with Gasteiger partial charge in [0.05, 0.1) is 6.61 Å². The van der Waals surface area contributed by atoms with Gasteiger partial charge in [-0.1, -0.05) is 30.3 Å². The monoisotopic (exact) mass is 318 g/mol. The smallest absolute Gasteiger partial charge is 0.251 e. The van der Waals surface area contributed by atoms with Crippen molar-refractivity contribution in [3.05, 3.63) is 59.2 Å². The van der Waals surface area contributed by atoms with E-state index in [0.29, 0.717) is 18.7 Å². The lowest BCUT2D eigenvalue weighted by Crippen LogP contribution is -2.29. The van der Waals surface area contributed by atoms with Crippen molar-refractivity contribution in [2.24, 2.45) is 5.73 Å². The molecule has 1 unspecified atom stereocenters. The number of aliphatic hydroxyl groups excluding tert-OH is 1. The molecule has 116 valence electrons. The number of benzene rings is 2. The van der Waals surface area contributed by atoms with Crippen LogP contribution < -0.4 is 11.1 Å². The van der Waals surface area contributed by atoms with Gasteiger partial charge in [-0.2, -0.15) is 0 Å². The van der Waals surface area contributed by atoms with Gasteiger partial charge in [-0.05, 0) is 34.4 Å². The Hall–Kier alpha value is -1.88. The molecule has 1 aliphatic rings. The maximum Gasteiger partial charge on any atom is 0.251 e. The Bertz CT molecular complexity index is 688. The van der Waals surface area contributed by atoms with Gasteiger partial charge in [0.1, 0.15) is 0 Å². The molecule has 22 heavy (non-hydrogen) atoms. The first-order valence-electron chi connectivity index (χ1n) is 7.08. The highest BCUT2D eigenvalue weighted by Crippen LogP contribution is 2.44. The summed E-state index contributed by atoms with van der Waals surface area (Å²) < 4.78 is 0. The van der Waals surface area contributed by atoms with Crippen LogP contribution in [0.15, 0.2) is 42.5 Å². The molecule has 0 fully saturated rings. The van der Waals surface area contributed by atoms with Crippen molar-refractivity contribution in [2.45, 2.75) is 5.92 Å². The minimum Gasteiger partial charge on any atom is -0.395 e. The molecule has 0 radical (unpaired) electrons. The predicted molar refractivity (Wildman–Crippen MR) is 89.4 cm³/mol. The zero-order valence-corrected chi connectivity index (χ0v) is 12.9. The second-order valence-corrected chi connectivity index (χ2v) is 5.17. The molecule has 0 spiro atoms. The molecular formula is C17H19ClN2O2. The Morgan fingerprint density at radius 1 is 1.14 bits per heavy atom. The molecule has 3 rings (SSSR count). The number of halogens is 1. The van der Waals surface area contributed by atoms with E-state index >= 15 is 0 Å². The van der Waals surface area contributed by atoms with Crippen molar-refractivity contribution in [3.63, 3.8) is 0 Å². The summed E-state index contributed by atoms with van der Waals surface area (Å²) in [5, 5.41) is 12.5. The zero-order valence-electron chi connectivity index (χ0n) is 12.1. The molecule has 0 bridgehead atoms. The van der Waals surface area contributed by atoms with Crippen LogP contribution in [0.4, 0.5) is 0 Å². The molecule has 1 atom stereocenters. The SMILES string of the molecule is Cl.NCCNC(=O)c1ccc2c(c1)C(CO)c1ccccc1-2. The van der Waals surface area contributed by atoms with E-state index in [1.807, 2.05) is 36.4 Å². The second-order valence-electron chi connectivity index (χ2n) is 5.17. The Kier molecular flexibility index (Phi) is 5.19. The lowest BCUT2D eigenvalue weighted by Gasteiger charge is -2.11. The molecule has 4 nitrogen and oxygen atoms in total. The number of amides is 1. The fraction of sp³-hybridized carbons (Fsp3) is 0.235. The number of fused-ring (bicyclic) bond motifs is 3. The summed E-state index contributed by atoms with van der Waals surface area (Å²) in [5.41, 5.74) is 10.4. The van der Waals surface area contributed by atoms with E-state index in [0.717, 1.165) is 22.3 Å². The molecule has 0 aliphatic heterocycles. The largest absolute Gasteiger partial charge is 0.395 e. The van der Waals surface area contributed by atoms with Crippen LogP contribution in [-0.4, -0.2) is 30.7 Å². The first-order chi connectivity index (χ1) is 10.3. The van der Waals surface area contributed by atoms with Crippen molar-refractivity contribution in [3.8, 4) is 11.1 Å². The summed E-state index contributed by atoms with van der Waals surface area (Å²) in [4.78, 5) is 12.0. The number of rotatable bonds is 4. The maximum atomic E-state index is 12.0. The van der Waals surface area contributed by atoms with Crippen LogP contribution >= 0.6 is 12.4 Å². The quantitative estimate of drug-likeness (QED) is 0.806. The molecule has 2 aromatic rings. The van der Waals surface area contributed by atoms with Crippen LogP contribution in [0.5, 0.6) is 0 Å². The number of aliphatic hydroxyl groups is 1. The predicted octanol–water partition coefficient (Wildman–Crippen LogP) is 1.90. The number of nitrogens with two attached hydrogens (primary N) is 1. The van der Waals surface area contributed by atoms with Crippen LogP contribution in [0, 0.1) is 0 Å². The van der Waals surface area contributed by atoms with E-state index in [1.165, 1.54) is 0 Å². The Morgan fingerprint density at radius 3 is 2.59 bits per heavy atom. The Balaban J connectivity index is 0.00000176. The van der Waals surface area contributed by atoms with E-state index in [1.54, 1.807) is 0 Å². The highest BCUT2D eigenvalue weighted by molar-refractivity contribution is 5.96. The maximum absolute atomic E-state index is 12.0. The van der Waals surface area contributed by atoms with Gasteiger partial charge in [0.25, 0.3) is 5.91 Å².